The Hall–Kier alpha value is -3.85. The summed E-state index contributed by atoms with van der Waals surface area (Å²) < 4.78 is 0. The van der Waals surface area contributed by atoms with Gasteiger partial charge in [-0.15, -0.1) is 0 Å². The molecule has 9 heteroatoms. The van der Waals surface area contributed by atoms with E-state index in [1.54, 1.807) is 4.90 Å². The topological polar surface area (TPSA) is 105 Å². The van der Waals surface area contributed by atoms with Crippen LogP contribution in [0.2, 0.25) is 0 Å². The zero-order valence-electron chi connectivity index (χ0n) is 18.1. The van der Waals surface area contributed by atoms with Crippen LogP contribution >= 0.6 is 0 Å². The van der Waals surface area contributed by atoms with Crippen LogP contribution in [0.1, 0.15) is 32.7 Å². The van der Waals surface area contributed by atoms with Gasteiger partial charge in [-0.2, -0.15) is 0 Å². The summed E-state index contributed by atoms with van der Waals surface area (Å²) in [5.74, 6) is -1.43. The van der Waals surface area contributed by atoms with Gasteiger partial charge in [0, 0.05) is 19.0 Å². The van der Waals surface area contributed by atoms with Gasteiger partial charge in [0.1, 0.15) is 5.56 Å². The van der Waals surface area contributed by atoms with Gasteiger partial charge in [0.05, 0.1) is 43.2 Å². The number of benzene rings is 2. The highest BCUT2D eigenvalue weighted by molar-refractivity contribution is 6.23. The highest BCUT2D eigenvalue weighted by Crippen LogP contribution is 2.30. The summed E-state index contributed by atoms with van der Waals surface area (Å²) in [6, 6.07) is 14.1. The molecule has 0 spiro atoms. The largest absolute Gasteiger partial charge is 0.331 e. The third-order valence-electron chi connectivity index (χ3n) is 6.06. The minimum Gasteiger partial charge on any atom is -0.331 e. The Morgan fingerprint density at radius 3 is 2.45 bits per heavy atom. The van der Waals surface area contributed by atoms with Crippen molar-refractivity contribution in [3.8, 4) is 0 Å². The lowest BCUT2D eigenvalue weighted by Gasteiger charge is -2.32. The molecule has 4 rings (SSSR count). The first-order valence-electron chi connectivity index (χ1n) is 10.9. The maximum atomic E-state index is 12.7. The quantitative estimate of drug-likeness (QED) is 0.386. The predicted octanol–water partition coefficient (Wildman–Crippen LogP) is 1.02. The first-order chi connectivity index (χ1) is 16.0. The number of imide groups is 1. The molecule has 2 aliphatic rings. The van der Waals surface area contributed by atoms with Gasteiger partial charge in [-0.05, 0) is 17.7 Å². The number of quaternary nitrogens is 1. The minimum atomic E-state index is -0.713. The van der Waals surface area contributed by atoms with Crippen molar-refractivity contribution < 1.29 is 24.2 Å². The zero-order valence-corrected chi connectivity index (χ0v) is 18.1. The number of fused-ring (bicyclic) bond motifs is 1. The van der Waals surface area contributed by atoms with E-state index in [0.717, 1.165) is 30.1 Å². The van der Waals surface area contributed by atoms with Crippen LogP contribution in [0.3, 0.4) is 0 Å². The Balaban J connectivity index is 1.27. The summed E-state index contributed by atoms with van der Waals surface area (Å²) in [5, 5.41) is 11.2. The van der Waals surface area contributed by atoms with Crippen LogP contribution in [0.4, 0.5) is 5.69 Å². The van der Waals surface area contributed by atoms with E-state index in [9.17, 15) is 24.5 Å². The van der Waals surface area contributed by atoms with Crippen molar-refractivity contribution in [1.82, 2.24) is 9.80 Å². The first-order valence-corrected chi connectivity index (χ1v) is 10.9. The summed E-state index contributed by atoms with van der Waals surface area (Å²) >= 11 is 0. The van der Waals surface area contributed by atoms with E-state index in [0.29, 0.717) is 13.1 Å². The molecular weight excluding hydrogens is 424 g/mol. The van der Waals surface area contributed by atoms with Crippen molar-refractivity contribution in [2.45, 2.75) is 6.42 Å². The third-order valence-corrected chi connectivity index (χ3v) is 6.06. The molecule has 0 saturated carbocycles. The van der Waals surface area contributed by atoms with Crippen molar-refractivity contribution in [1.29, 1.82) is 0 Å². The average molecular weight is 449 g/mol. The molecule has 0 aliphatic carbocycles. The van der Waals surface area contributed by atoms with Crippen molar-refractivity contribution in [2.24, 2.45) is 0 Å². The van der Waals surface area contributed by atoms with Crippen LogP contribution in [0.25, 0.3) is 6.08 Å². The van der Waals surface area contributed by atoms with Gasteiger partial charge in [-0.3, -0.25) is 29.4 Å². The lowest BCUT2D eigenvalue weighted by Crippen LogP contribution is -3.14. The van der Waals surface area contributed by atoms with Gasteiger partial charge in [0.15, 0.2) is 0 Å². The smallest absolute Gasteiger partial charge is 0.282 e. The van der Waals surface area contributed by atoms with Gasteiger partial charge < -0.3 is 9.80 Å². The molecule has 2 aliphatic heterocycles. The van der Waals surface area contributed by atoms with Crippen LogP contribution in [-0.4, -0.2) is 71.7 Å². The molecule has 33 heavy (non-hydrogen) atoms. The Bertz CT molecular complexity index is 1110. The van der Waals surface area contributed by atoms with Crippen LogP contribution in [-0.2, 0) is 4.79 Å². The SMILES string of the molecule is O=C(CCN1C(=O)c2cccc([N+](=O)[O-])c2C1=O)N1CC[NH+](C/C=C/c2ccccc2)CC1. The molecule has 1 fully saturated rings. The fourth-order valence-electron chi connectivity index (χ4n) is 4.24. The Morgan fingerprint density at radius 1 is 1.03 bits per heavy atom. The van der Waals surface area contributed by atoms with Crippen molar-refractivity contribution in [3.05, 3.63) is 81.4 Å². The number of amides is 3. The molecule has 1 saturated heterocycles. The maximum absolute atomic E-state index is 12.7. The number of rotatable bonds is 7. The van der Waals surface area contributed by atoms with Crippen molar-refractivity contribution >= 4 is 29.5 Å². The molecule has 2 aromatic carbocycles. The number of carbonyl (C=O) groups excluding carboxylic acids is 3. The van der Waals surface area contributed by atoms with E-state index in [1.165, 1.54) is 23.1 Å². The number of nitro benzene ring substituents is 1. The Labute approximate surface area is 191 Å². The molecule has 0 bridgehead atoms. The van der Waals surface area contributed by atoms with Crippen molar-refractivity contribution in [2.75, 3.05) is 39.3 Å². The number of hydrogen-bond acceptors (Lipinski definition) is 5. The standard InChI is InChI=1S/C24H24N4O5/c29-21(26-16-14-25(15-17-26)12-5-8-18-6-2-1-3-7-18)11-13-27-23(30)19-9-4-10-20(28(32)33)22(19)24(27)31/h1-10H,11-17H2/p+1/b8-5+. The predicted molar refractivity (Wildman–Crippen MR) is 121 cm³/mol. The third kappa shape index (κ3) is 4.83. The number of nitro groups is 1. The molecule has 0 aromatic heterocycles. The van der Waals surface area contributed by atoms with Crippen LogP contribution in [0.15, 0.2) is 54.6 Å². The Kier molecular flexibility index (Phi) is 6.60. The summed E-state index contributed by atoms with van der Waals surface area (Å²) in [6.45, 7) is 3.66. The van der Waals surface area contributed by atoms with Gasteiger partial charge in [-0.1, -0.05) is 42.5 Å². The second-order valence-electron chi connectivity index (χ2n) is 8.12. The molecule has 2 aromatic rings. The highest BCUT2D eigenvalue weighted by Gasteiger charge is 2.41. The second kappa shape index (κ2) is 9.74. The molecule has 170 valence electrons. The van der Waals surface area contributed by atoms with E-state index in [2.05, 4.69) is 24.3 Å². The summed E-state index contributed by atoms with van der Waals surface area (Å²) in [4.78, 5) is 52.5. The van der Waals surface area contributed by atoms with Crippen LogP contribution < -0.4 is 4.90 Å². The van der Waals surface area contributed by atoms with E-state index in [4.69, 9.17) is 0 Å². The monoisotopic (exact) mass is 449 g/mol. The molecule has 3 amide bonds. The van der Waals surface area contributed by atoms with Crippen molar-refractivity contribution in [3.63, 3.8) is 0 Å². The number of carbonyl (C=O) groups is 3. The molecule has 0 unspecified atom stereocenters. The summed E-state index contributed by atoms with van der Waals surface area (Å²) in [6.07, 6.45) is 4.24. The minimum absolute atomic E-state index is 0.00249. The average Bonchev–Trinajstić information content (AvgIpc) is 3.08. The molecule has 1 N–H and O–H groups in total. The van der Waals surface area contributed by atoms with Gasteiger partial charge in [0.25, 0.3) is 17.5 Å². The van der Waals surface area contributed by atoms with E-state index >= 15 is 0 Å². The van der Waals surface area contributed by atoms with Gasteiger partial charge in [0.2, 0.25) is 5.91 Å². The van der Waals surface area contributed by atoms with E-state index in [-0.39, 0.29) is 35.7 Å². The number of nitrogens with zero attached hydrogens (tertiary/aromatic N) is 3. The first kappa shape index (κ1) is 22.3. The number of hydrogen-bond donors (Lipinski definition) is 1. The number of piperazine rings is 1. The molecular formula is C24H25N4O5+. The van der Waals surface area contributed by atoms with Gasteiger partial charge >= 0.3 is 0 Å². The second-order valence-corrected chi connectivity index (χ2v) is 8.12. The lowest BCUT2D eigenvalue weighted by atomic mass is 10.1. The fraction of sp³-hybridized carbons (Fsp3) is 0.292. The van der Waals surface area contributed by atoms with E-state index < -0.39 is 16.7 Å². The normalized spacial score (nSPS) is 16.5. The molecule has 2 heterocycles. The van der Waals surface area contributed by atoms with E-state index in [1.807, 2.05) is 18.2 Å². The Morgan fingerprint density at radius 2 is 1.76 bits per heavy atom. The highest BCUT2D eigenvalue weighted by atomic mass is 16.6. The van der Waals surface area contributed by atoms with Crippen LogP contribution in [0.5, 0.6) is 0 Å². The summed E-state index contributed by atoms with van der Waals surface area (Å²) in [5.41, 5.74) is 0.590. The lowest BCUT2D eigenvalue weighted by molar-refractivity contribution is -0.898. The van der Waals surface area contributed by atoms with Crippen LogP contribution in [0, 0.1) is 10.1 Å². The fourth-order valence-corrected chi connectivity index (χ4v) is 4.24. The number of nitrogens with one attached hydrogen (secondary N) is 1. The maximum Gasteiger partial charge on any atom is 0.282 e. The zero-order chi connectivity index (χ0) is 23.4. The van der Waals surface area contributed by atoms with Gasteiger partial charge in [-0.25, -0.2) is 0 Å². The molecule has 9 nitrogen and oxygen atoms in total. The molecule has 0 radical (unpaired) electrons. The summed E-state index contributed by atoms with van der Waals surface area (Å²) in [7, 11) is 0. The molecule has 0 atom stereocenters.